The van der Waals surface area contributed by atoms with Gasteiger partial charge in [0.15, 0.2) is 0 Å². The van der Waals surface area contributed by atoms with Crippen molar-refractivity contribution in [2.24, 2.45) is 5.92 Å². The average molecular weight is 178 g/mol. The van der Waals surface area contributed by atoms with Crippen LogP contribution in [0.15, 0.2) is 0 Å². The van der Waals surface area contributed by atoms with Crippen molar-refractivity contribution in [1.82, 2.24) is 0 Å². The Morgan fingerprint density at radius 3 is 2.56 bits per heavy atom. The fraction of sp³-hybridized carbons (Fsp3) is 0.833. The van der Waals surface area contributed by atoms with Gasteiger partial charge in [0.2, 0.25) is 0 Å². The van der Waals surface area contributed by atoms with Crippen LogP contribution in [0.2, 0.25) is 0 Å². The van der Waals surface area contributed by atoms with Gasteiger partial charge in [0.1, 0.15) is 3.53 Å². The lowest BCUT2D eigenvalue weighted by molar-refractivity contribution is 0.652. The maximum absolute atomic E-state index is 5.04. The Morgan fingerprint density at radius 2 is 2.33 bits per heavy atom. The minimum absolute atomic E-state index is 0.780. The summed E-state index contributed by atoms with van der Waals surface area (Å²) in [6.07, 6.45) is 0. The molecule has 0 amide bonds. The van der Waals surface area contributed by atoms with E-state index in [9.17, 15) is 0 Å². The van der Waals surface area contributed by atoms with Gasteiger partial charge in [-0.3, -0.25) is 0 Å². The van der Waals surface area contributed by atoms with Gasteiger partial charge in [-0.2, -0.15) is 0 Å². The molecule has 0 aliphatic carbocycles. The van der Waals surface area contributed by atoms with Crippen molar-refractivity contribution in [3.8, 4) is 0 Å². The Morgan fingerprint density at radius 1 is 1.67 bits per heavy atom. The Kier molecular flexibility index (Phi) is 2.86. The summed E-state index contributed by atoms with van der Waals surface area (Å²) >= 11 is 8.74. The standard InChI is InChI=1S/C6H10S3/c1-4(2)5-3-8-6(7)9-5/h4-5H,3H2,1-2H3. The van der Waals surface area contributed by atoms with Crippen molar-refractivity contribution < 1.29 is 0 Å². The topological polar surface area (TPSA) is 0 Å². The minimum atomic E-state index is 0.780. The Hall–Kier alpha value is 0.790. The van der Waals surface area contributed by atoms with Gasteiger partial charge in [0.25, 0.3) is 0 Å². The lowest BCUT2D eigenvalue weighted by atomic mass is 10.1. The van der Waals surface area contributed by atoms with Crippen LogP contribution in [-0.4, -0.2) is 14.5 Å². The summed E-state index contributed by atoms with van der Waals surface area (Å²) in [6.45, 7) is 4.51. The van der Waals surface area contributed by atoms with Crippen LogP contribution in [0.4, 0.5) is 0 Å². The molecule has 1 atom stereocenters. The number of hydrogen-bond donors (Lipinski definition) is 0. The van der Waals surface area contributed by atoms with E-state index < -0.39 is 0 Å². The van der Waals surface area contributed by atoms with Crippen LogP contribution < -0.4 is 0 Å². The maximum Gasteiger partial charge on any atom is 0.104 e. The van der Waals surface area contributed by atoms with Crippen molar-refractivity contribution in [3.05, 3.63) is 0 Å². The van der Waals surface area contributed by atoms with Crippen molar-refractivity contribution >= 4 is 39.3 Å². The first-order valence-electron chi connectivity index (χ1n) is 3.03. The van der Waals surface area contributed by atoms with Crippen LogP contribution in [-0.2, 0) is 0 Å². The van der Waals surface area contributed by atoms with Gasteiger partial charge < -0.3 is 0 Å². The maximum atomic E-state index is 5.04. The summed E-state index contributed by atoms with van der Waals surface area (Å²) in [6, 6.07) is 0. The molecule has 1 rings (SSSR count). The third-order valence-corrected chi connectivity index (χ3v) is 4.82. The molecule has 0 aromatic rings. The highest BCUT2D eigenvalue weighted by atomic mass is 32.2. The highest BCUT2D eigenvalue weighted by Gasteiger charge is 2.23. The lowest BCUT2D eigenvalue weighted by Crippen LogP contribution is -2.09. The average Bonchev–Trinajstić information content (AvgIpc) is 2.14. The zero-order valence-electron chi connectivity index (χ0n) is 5.59. The molecule has 0 aromatic heterocycles. The minimum Gasteiger partial charge on any atom is -0.107 e. The fourth-order valence-electron chi connectivity index (χ4n) is 0.670. The first kappa shape index (κ1) is 7.89. The molecule has 52 valence electrons. The van der Waals surface area contributed by atoms with Crippen molar-refractivity contribution in [1.29, 1.82) is 0 Å². The lowest BCUT2D eigenvalue weighted by Gasteiger charge is -2.09. The van der Waals surface area contributed by atoms with E-state index in [0.717, 1.165) is 14.7 Å². The first-order valence-corrected chi connectivity index (χ1v) is 5.31. The highest BCUT2D eigenvalue weighted by Crippen LogP contribution is 2.36. The molecule has 1 aliphatic heterocycles. The van der Waals surface area contributed by atoms with Crippen LogP contribution >= 0.6 is 35.7 Å². The van der Waals surface area contributed by atoms with E-state index in [2.05, 4.69) is 13.8 Å². The zero-order valence-corrected chi connectivity index (χ0v) is 8.04. The molecule has 0 saturated carbocycles. The van der Waals surface area contributed by atoms with Gasteiger partial charge >= 0.3 is 0 Å². The molecule has 0 N–H and O–H groups in total. The van der Waals surface area contributed by atoms with Gasteiger partial charge in [-0.15, -0.1) is 23.5 Å². The largest absolute Gasteiger partial charge is 0.107 e. The molecule has 1 saturated heterocycles. The molecule has 0 spiro atoms. The van der Waals surface area contributed by atoms with E-state index in [4.69, 9.17) is 12.2 Å². The second-order valence-electron chi connectivity index (χ2n) is 2.46. The number of thioether (sulfide) groups is 2. The van der Waals surface area contributed by atoms with Crippen LogP contribution in [0, 0.1) is 5.92 Å². The van der Waals surface area contributed by atoms with Crippen molar-refractivity contribution in [2.75, 3.05) is 5.75 Å². The highest BCUT2D eigenvalue weighted by molar-refractivity contribution is 8.49. The molecular weight excluding hydrogens is 168 g/mol. The normalized spacial score (nSPS) is 27.9. The van der Waals surface area contributed by atoms with Crippen LogP contribution in [0.1, 0.15) is 13.8 Å². The molecule has 0 aromatic carbocycles. The smallest absolute Gasteiger partial charge is 0.104 e. The van der Waals surface area contributed by atoms with E-state index >= 15 is 0 Å². The van der Waals surface area contributed by atoms with E-state index in [-0.39, 0.29) is 0 Å². The third-order valence-electron chi connectivity index (χ3n) is 1.36. The van der Waals surface area contributed by atoms with Crippen LogP contribution in [0.25, 0.3) is 0 Å². The van der Waals surface area contributed by atoms with Gasteiger partial charge in [0.05, 0.1) is 0 Å². The van der Waals surface area contributed by atoms with E-state index in [1.165, 1.54) is 5.75 Å². The molecule has 0 bridgehead atoms. The van der Waals surface area contributed by atoms with Gasteiger partial charge in [-0.1, -0.05) is 26.1 Å². The van der Waals surface area contributed by atoms with Gasteiger partial charge in [0, 0.05) is 11.0 Å². The Balaban J connectivity index is 2.39. The van der Waals surface area contributed by atoms with Crippen LogP contribution in [0.5, 0.6) is 0 Å². The molecule has 0 nitrogen and oxygen atoms in total. The van der Waals surface area contributed by atoms with Gasteiger partial charge in [-0.25, -0.2) is 0 Å². The van der Waals surface area contributed by atoms with Crippen molar-refractivity contribution in [2.45, 2.75) is 19.1 Å². The molecule has 3 heteroatoms. The second-order valence-corrected chi connectivity index (χ2v) is 5.92. The monoisotopic (exact) mass is 178 g/mol. The molecule has 1 aliphatic rings. The summed E-state index contributed by atoms with van der Waals surface area (Å²) in [5.74, 6) is 2.00. The Labute approximate surface area is 70.2 Å². The third kappa shape index (κ3) is 2.13. The second kappa shape index (κ2) is 3.26. The fourth-order valence-corrected chi connectivity index (χ4v) is 3.77. The SMILES string of the molecule is CC(C)C1CSC(=S)S1. The predicted molar refractivity (Wildman–Crippen MR) is 51.3 cm³/mol. The number of hydrogen-bond acceptors (Lipinski definition) is 3. The van der Waals surface area contributed by atoms with E-state index in [0.29, 0.717) is 0 Å². The quantitative estimate of drug-likeness (QED) is 0.567. The number of rotatable bonds is 1. The van der Waals surface area contributed by atoms with E-state index in [1.807, 2.05) is 23.5 Å². The van der Waals surface area contributed by atoms with E-state index in [1.54, 1.807) is 0 Å². The molecule has 9 heavy (non-hydrogen) atoms. The van der Waals surface area contributed by atoms with Crippen molar-refractivity contribution in [3.63, 3.8) is 0 Å². The summed E-state index contributed by atoms with van der Waals surface area (Å²) in [5.41, 5.74) is 0. The summed E-state index contributed by atoms with van der Waals surface area (Å²) in [4.78, 5) is 0. The van der Waals surface area contributed by atoms with Crippen LogP contribution in [0.3, 0.4) is 0 Å². The summed E-state index contributed by atoms with van der Waals surface area (Å²) < 4.78 is 1.13. The molecule has 1 unspecified atom stereocenters. The molecule has 1 heterocycles. The molecule has 1 fully saturated rings. The Bertz CT molecular complexity index is 119. The first-order chi connectivity index (χ1) is 4.20. The molecule has 0 radical (unpaired) electrons. The zero-order chi connectivity index (χ0) is 6.85. The summed E-state index contributed by atoms with van der Waals surface area (Å²) in [5, 5.41) is 0.780. The molecular formula is C6H10S3. The van der Waals surface area contributed by atoms with Gasteiger partial charge in [-0.05, 0) is 5.92 Å². The predicted octanol–water partition coefficient (Wildman–Crippen LogP) is 2.78. The summed E-state index contributed by atoms with van der Waals surface area (Å²) in [7, 11) is 0. The number of thiocarbonyl (C=S) groups is 1.